The summed E-state index contributed by atoms with van der Waals surface area (Å²) in [5, 5.41) is 22.2. The van der Waals surface area contributed by atoms with Crippen LogP contribution < -0.4 is 0 Å². The topological polar surface area (TPSA) is 80.4 Å². The molecule has 0 unspecified atom stereocenters. The summed E-state index contributed by atoms with van der Waals surface area (Å²) in [6.45, 7) is 4.24. The Morgan fingerprint density at radius 2 is 2.11 bits per heavy atom. The summed E-state index contributed by atoms with van der Waals surface area (Å²) in [5.74, 6) is 0.434. The van der Waals surface area contributed by atoms with Crippen LogP contribution in [0.15, 0.2) is 0 Å². The first-order valence-corrected chi connectivity index (χ1v) is 6.90. The summed E-state index contributed by atoms with van der Waals surface area (Å²) in [5.41, 5.74) is 0. The molecule has 0 spiro atoms. The van der Waals surface area contributed by atoms with Gasteiger partial charge < -0.3 is 5.11 Å². The molecule has 0 amide bonds. The number of aliphatic carboxylic acids is 1. The zero-order valence-electron chi connectivity index (χ0n) is 10.5. The number of aromatic nitrogens is 4. The van der Waals surface area contributed by atoms with E-state index in [1.54, 1.807) is 4.52 Å². The van der Waals surface area contributed by atoms with Gasteiger partial charge in [-0.05, 0) is 12.8 Å². The van der Waals surface area contributed by atoms with E-state index in [9.17, 15) is 4.79 Å². The van der Waals surface area contributed by atoms with Crippen LogP contribution in [-0.4, -0.2) is 30.9 Å². The van der Waals surface area contributed by atoms with Crippen LogP contribution in [0.5, 0.6) is 0 Å². The number of fused-ring (bicyclic) bond motifs is 1. The van der Waals surface area contributed by atoms with Gasteiger partial charge in [0.15, 0.2) is 5.82 Å². The van der Waals surface area contributed by atoms with Crippen molar-refractivity contribution in [3.63, 3.8) is 0 Å². The maximum absolute atomic E-state index is 10.5. The van der Waals surface area contributed by atoms with Gasteiger partial charge in [0.2, 0.25) is 4.96 Å². The average Bonchev–Trinajstić information content (AvgIpc) is 2.89. The summed E-state index contributed by atoms with van der Waals surface area (Å²) in [6.07, 6.45) is 2.55. The molecule has 0 bridgehead atoms. The first-order valence-electron chi connectivity index (χ1n) is 6.08. The fraction of sp³-hybridized carbons (Fsp3) is 0.636. The Morgan fingerprint density at radius 3 is 2.72 bits per heavy atom. The molecule has 2 aromatic rings. The van der Waals surface area contributed by atoms with Crippen LogP contribution in [0.25, 0.3) is 4.96 Å². The minimum Gasteiger partial charge on any atom is -0.481 e. The second kappa shape index (κ2) is 5.43. The molecule has 0 saturated heterocycles. The van der Waals surface area contributed by atoms with Gasteiger partial charge in [0.05, 0.1) is 6.42 Å². The molecular formula is C11H16N4O2S. The molecule has 1 N–H and O–H groups in total. The van der Waals surface area contributed by atoms with Crippen molar-refractivity contribution in [2.45, 2.75) is 45.4 Å². The SMILES string of the molecule is CCC(CC)c1nnc2sc(CCC(=O)O)nn12. The van der Waals surface area contributed by atoms with Gasteiger partial charge in [-0.25, -0.2) is 0 Å². The van der Waals surface area contributed by atoms with Gasteiger partial charge in [-0.15, -0.1) is 10.2 Å². The number of carboxylic acids is 1. The molecule has 98 valence electrons. The van der Waals surface area contributed by atoms with Crippen molar-refractivity contribution >= 4 is 22.3 Å². The Bertz CT molecular complexity index is 544. The maximum atomic E-state index is 10.5. The van der Waals surface area contributed by atoms with Crippen molar-refractivity contribution in [1.29, 1.82) is 0 Å². The summed E-state index contributed by atoms with van der Waals surface area (Å²) in [4.78, 5) is 11.3. The monoisotopic (exact) mass is 268 g/mol. The number of hydrogen-bond acceptors (Lipinski definition) is 5. The highest BCUT2D eigenvalue weighted by atomic mass is 32.1. The van der Waals surface area contributed by atoms with E-state index < -0.39 is 5.97 Å². The molecule has 0 aliphatic rings. The molecular weight excluding hydrogens is 252 g/mol. The number of aryl methyl sites for hydroxylation is 1. The molecule has 18 heavy (non-hydrogen) atoms. The summed E-state index contributed by atoms with van der Waals surface area (Å²) in [7, 11) is 0. The molecule has 0 atom stereocenters. The Morgan fingerprint density at radius 1 is 1.39 bits per heavy atom. The maximum Gasteiger partial charge on any atom is 0.303 e. The largest absolute Gasteiger partial charge is 0.481 e. The van der Waals surface area contributed by atoms with E-state index in [4.69, 9.17) is 5.11 Å². The van der Waals surface area contributed by atoms with Crippen molar-refractivity contribution in [2.75, 3.05) is 0 Å². The predicted octanol–water partition coefficient (Wildman–Crippen LogP) is 2.11. The molecule has 0 saturated carbocycles. The normalized spacial score (nSPS) is 11.5. The van der Waals surface area contributed by atoms with E-state index in [0.29, 0.717) is 12.3 Å². The first-order chi connectivity index (χ1) is 8.65. The van der Waals surface area contributed by atoms with Crippen molar-refractivity contribution < 1.29 is 9.90 Å². The lowest BCUT2D eigenvalue weighted by Crippen LogP contribution is -2.04. The third-order valence-electron chi connectivity index (χ3n) is 2.96. The highest BCUT2D eigenvalue weighted by molar-refractivity contribution is 7.16. The van der Waals surface area contributed by atoms with Gasteiger partial charge in [0, 0.05) is 12.3 Å². The standard InChI is InChI=1S/C11H16N4O2S/c1-3-7(4-2)10-12-13-11-15(10)14-8(18-11)5-6-9(16)17/h7H,3-6H2,1-2H3,(H,16,17). The number of rotatable bonds is 6. The predicted molar refractivity (Wildman–Crippen MR) is 67.9 cm³/mol. The van der Waals surface area contributed by atoms with Gasteiger partial charge in [-0.2, -0.15) is 9.61 Å². The second-order valence-corrected chi connectivity index (χ2v) is 5.20. The van der Waals surface area contributed by atoms with Crippen LogP contribution in [0.3, 0.4) is 0 Å². The molecule has 0 radical (unpaired) electrons. The van der Waals surface area contributed by atoms with E-state index in [-0.39, 0.29) is 6.42 Å². The number of nitrogens with zero attached hydrogens (tertiary/aromatic N) is 4. The smallest absolute Gasteiger partial charge is 0.303 e. The van der Waals surface area contributed by atoms with Crippen LogP contribution in [0, 0.1) is 0 Å². The van der Waals surface area contributed by atoms with Gasteiger partial charge in [-0.1, -0.05) is 25.2 Å². The fourth-order valence-corrected chi connectivity index (χ4v) is 2.73. The second-order valence-electron chi connectivity index (χ2n) is 4.16. The quantitative estimate of drug-likeness (QED) is 0.867. The third kappa shape index (κ3) is 2.50. The molecule has 6 nitrogen and oxygen atoms in total. The lowest BCUT2D eigenvalue weighted by atomic mass is 10.0. The molecule has 0 aliphatic carbocycles. The summed E-state index contributed by atoms with van der Waals surface area (Å²) < 4.78 is 1.76. The van der Waals surface area contributed by atoms with Crippen molar-refractivity contribution in [1.82, 2.24) is 19.8 Å². The lowest BCUT2D eigenvalue weighted by Gasteiger charge is -2.07. The molecule has 2 aromatic heterocycles. The van der Waals surface area contributed by atoms with Crippen molar-refractivity contribution in [2.24, 2.45) is 0 Å². The van der Waals surface area contributed by atoms with E-state index in [2.05, 4.69) is 29.1 Å². The van der Waals surface area contributed by atoms with Gasteiger partial charge in [0.1, 0.15) is 5.01 Å². The number of carboxylic acid groups (broad SMARTS) is 1. The van der Waals surface area contributed by atoms with E-state index in [1.165, 1.54) is 11.3 Å². The minimum absolute atomic E-state index is 0.102. The molecule has 2 rings (SSSR count). The highest BCUT2D eigenvalue weighted by Gasteiger charge is 2.18. The molecule has 0 aromatic carbocycles. The molecule has 0 fully saturated rings. The number of carbonyl (C=O) groups is 1. The highest BCUT2D eigenvalue weighted by Crippen LogP contribution is 2.24. The van der Waals surface area contributed by atoms with Crippen molar-refractivity contribution in [3.05, 3.63) is 10.8 Å². The van der Waals surface area contributed by atoms with Crippen LogP contribution >= 0.6 is 11.3 Å². The van der Waals surface area contributed by atoms with E-state index in [0.717, 1.165) is 28.6 Å². The Labute approximate surface area is 109 Å². The fourth-order valence-electron chi connectivity index (χ4n) is 1.89. The number of hydrogen-bond donors (Lipinski definition) is 1. The molecule has 7 heteroatoms. The van der Waals surface area contributed by atoms with Crippen LogP contribution in [0.4, 0.5) is 0 Å². The Hall–Kier alpha value is -1.50. The van der Waals surface area contributed by atoms with Gasteiger partial charge >= 0.3 is 5.97 Å². The van der Waals surface area contributed by atoms with Crippen LogP contribution in [0.1, 0.15) is 49.9 Å². The third-order valence-corrected chi connectivity index (χ3v) is 3.92. The molecule has 0 aliphatic heterocycles. The Balaban J connectivity index is 2.26. The summed E-state index contributed by atoms with van der Waals surface area (Å²) in [6, 6.07) is 0. The van der Waals surface area contributed by atoms with Crippen LogP contribution in [0.2, 0.25) is 0 Å². The van der Waals surface area contributed by atoms with Crippen LogP contribution in [-0.2, 0) is 11.2 Å². The minimum atomic E-state index is -0.804. The zero-order chi connectivity index (χ0) is 13.1. The zero-order valence-corrected chi connectivity index (χ0v) is 11.3. The molecule has 2 heterocycles. The Kier molecular flexibility index (Phi) is 3.90. The van der Waals surface area contributed by atoms with Crippen molar-refractivity contribution in [3.8, 4) is 0 Å². The van der Waals surface area contributed by atoms with E-state index in [1.807, 2.05) is 0 Å². The lowest BCUT2D eigenvalue weighted by molar-refractivity contribution is -0.136. The summed E-state index contributed by atoms with van der Waals surface area (Å²) >= 11 is 1.41. The van der Waals surface area contributed by atoms with Gasteiger partial charge in [-0.3, -0.25) is 4.79 Å². The average molecular weight is 268 g/mol. The van der Waals surface area contributed by atoms with Gasteiger partial charge in [0.25, 0.3) is 0 Å². The first kappa shape index (κ1) is 12.9. The van der Waals surface area contributed by atoms with E-state index >= 15 is 0 Å².